The van der Waals surface area contributed by atoms with Crippen LogP contribution in [0.5, 0.6) is 11.5 Å². The molecule has 0 amide bonds. The number of fused-ring (bicyclic) bond motifs is 1. The van der Waals surface area contributed by atoms with Crippen LogP contribution in [0.3, 0.4) is 0 Å². The van der Waals surface area contributed by atoms with Crippen LogP contribution in [0, 0.1) is 5.82 Å². The van der Waals surface area contributed by atoms with Gasteiger partial charge in [-0.2, -0.15) is 0 Å². The van der Waals surface area contributed by atoms with Gasteiger partial charge in [0, 0.05) is 37.1 Å². The third-order valence-corrected chi connectivity index (χ3v) is 8.07. The van der Waals surface area contributed by atoms with E-state index in [1.807, 2.05) is 18.3 Å². The zero-order valence-electron chi connectivity index (χ0n) is 24.2. The van der Waals surface area contributed by atoms with E-state index in [1.54, 1.807) is 36.8 Å². The Morgan fingerprint density at radius 3 is 2.73 bits per heavy atom. The minimum absolute atomic E-state index is 0.0164. The lowest BCUT2D eigenvalue weighted by atomic mass is 10.1. The van der Waals surface area contributed by atoms with Crippen LogP contribution in [0.4, 0.5) is 4.39 Å². The van der Waals surface area contributed by atoms with Gasteiger partial charge < -0.3 is 23.7 Å². The highest BCUT2D eigenvalue weighted by Gasteiger charge is 2.24. The first kappa shape index (κ1) is 29.6. The lowest BCUT2D eigenvalue weighted by Gasteiger charge is -2.32. The molecule has 1 aliphatic heterocycles. The van der Waals surface area contributed by atoms with Crippen molar-refractivity contribution in [3.05, 3.63) is 101 Å². The lowest BCUT2D eigenvalue weighted by molar-refractivity contribution is 0.0697. The summed E-state index contributed by atoms with van der Waals surface area (Å²) in [6.45, 7) is 5.65. The van der Waals surface area contributed by atoms with Crippen LogP contribution in [0.2, 0.25) is 5.02 Å². The summed E-state index contributed by atoms with van der Waals surface area (Å²) in [5.41, 5.74) is 3.38. The Kier molecular flexibility index (Phi) is 8.76. The molecule has 5 aromatic rings. The van der Waals surface area contributed by atoms with E-state index in [2.05, 4.69) is 30.9 Å². The molecule has 0 bridgehead atoms. The van der Waals surface area contributed by atoms with Crippen molar-refractivity contribution in [1.82, 2.24) is 29.0 Å². The van der Waals surface area contributed by atoms with Gasteiger partial charge in [0.25, 0.3) is 0 Å². The van der Waals surface area contributed by atoms with Crippen molar-refractivity contribution in [2.45, 2.75) is 52.1 Å². The molecule has 0 atom stereocenters. The van der Waals surface area contributed by atoms with Crippen molar-refractivity contribution in [3.63, 3.8) is 0 Å². The number of aromatic nitrogens is 5. The summed E-state index contributed by atoms with van der Waals surface area (Å²) in [6, 6.07) is 13.0. The largest absolute Gasteiger partial charge is 0.488 e. The third-order valence-electron chi connectivity index (χ3n) is 7.83. The van der Waals surface area contributed by atoms with E-state index in [0.717, 1.165) is 55.0 Å². The maximum absolute atomic E-state index is 14.2. The number of carboxylic acids is 1. The molecule has 0 radical (unpaired) electrons. The summed E-state index contributed by atoms with van der Waals surface area (Å²) >= 11 is 5.85. The number of nitrogens with zero attached hydrogens (tertiary/aromatic N) is 6. The first-order valence-corrected chi connectivity index (χ1v) is 14.9. The Hall–Kier alpha value is -4.48. The number of benzene rings is 2. The number of rotatable bonds is 11. The zero-order valence-corrected chi connectivity index (χ0v) is 25.0. The predicted octanol–water partition coefficient (Wildman–Crippen LogP) is 5.81. The van der Waals surface area contributed by atoms with E-state index < -0.39 is 11.8 Å². The average Bonchev–Trinajstić information content (AvgIpc) is 3.62. The lowest BCUT2D eigenvalue weighted by Crippen LogP contribution is -2.38. The molecule has 3 aromatic heterocycles. The number of carbonyl (C=O) groups is 1. The van der Waals surface area contributed by atoms with E-state index >= 15 is 0 Å². The van der Waals surface area contributed by atoms with Crippen LogP contribution in [-0.4, -0.2) is 59.3 Å². The number of hydrogen-bond acceptors (Lipinski definition) is 7. The molecule has 0 spiro atoms. The van der Waals surface area contributed by atoms with Crippen LogP contribution in [0.25, 0.3) is 11.0 Å². The maximum atomic E-state index is 14.2. The second-order valence-electron chi connectivity index (χ2n) is 10.7. The highest BCUT2D eigenvalue weighted by molar-refractivity contribution is 6.30. The van der Waals surface area contributed by atoms with Crippen LogP contribution in [0.1, 0.15) is 47.3 Å². The summed E-state index contributed by atoms with van der Waals surface area (Å²) in [4.78, 5) is 27.7. The van der Waals surface area contributed by atoms with Gasteiger partial charge in [-0.05, 0) is 68.3 Å². The van der Waals surface area contributed by atoms with Gasteiger partial charge in [0.15, 0.2) is 11.6 Å². The van der Waals surface area contributed by atoms with Gasteiger partial charge in [0.1, 0.15) is 30.0 Å². The molecule has 0 aliphatic carbocycles. The molecule has 4 heterocycles. The Morgan fingerprint density at radius 1 is 1.11 bits per heavy atom. The number of aromatic carboxylic acids is 1. The van der Waals surface area contributed by atoms with Gasteiger partial charge in [0.05, 0.1) is 41.7 Å². The summed E-state index contributed by atoms with van der Waals surface area (Å²) in [6.07, 6.45) is 6.88. The first-order valence-electron chi connectivity index (χ1n) is 14.5. The molecule has 1 fully saturated rings. The minimum Gasteiger partial charge on any atom is -0.488 e. The van der Waals surface area contributed by atoms with Crippen molar-refractivity contribution >= 4 is 28.6 Å². The molecule has 12 heteroatoms. The van der Waals surface area contributed by atoms with Gasteiger partial charge >= 0.3 is 5.97 Å². The molecule has 10 nitrogen and oxygen atoms in total. The number of carboxylic acid groups (broad SMARTS) is 1. The van der Waals surface area contributed by atoms with E-state index in [1.165, 1.54) is 12.1 Å². The number of pyridine rings is 1. The number of likely N-dealkylation sites (tertiary alicyclic amines) is 1. The Bertz CT molecular complexity index is 1780. The van der Waals surface area contributed by atoms with E-state index in [-0.39, 0.29) is 24.0 Å². The molecule has 1 N–H and O–H groups in total. The molecule has 1 saturated heterocycles. The standard InChI is InChI=1S/C32H32ClFN6O4/c1-2-39-20-35-16-23(39)17-40-28-14-21(32(41)42)5-7-26(28)37-31(40)18-38-12-9-24(10-13-38)44-30-4-3-11-36-27(30)19-43-29-8-6-22(33)15-25(29)34/h3-8,11,14-16,20,24H,2,9-10,12-13,17-19H2,1H3,(H,41,42). The van der Waals surface area contributed by atoms with Crippen LogP contribution < -0.4 is 9.47 Å². The Morgan fingerprint density at radius 2 is 1.95 bits per heavy atom. The number of ether oxygens (including phenoxy) is 2. The smallest absolute Gasteiger partial charge is 0.335 e. The fourth-order valence-corrected chi connectivity index (χ4v) is 5.63. The molecule has 6 rings (SSSR count). The van der Waals surface area contributed by atoms with Gasteiger partial charge in [-0.1, -0.05) is 11.6 Å². The molecular formula is C32H32ClFN6O4. The van der Waals surface area contributed by atoms with Crippen LogP contribution in [-0.2, 0) is 26.2 Å². The fraction of sp³-hybridized carbons (Fsp3) is 0.312. The fourth-order valence-electron chi connectivity index (χ4n) is 5.47. The minimum atomic E-state index is -0.970. The van der Waals surface area contributed by atoms with E-state index in [9.17, 15) is 14.3 Å². The van der Waals surface area contributed by atoms with Crippen LogP contribution >= 0.6 is 11.6 Å². The summed E-state index contributed by atoms with van der Waals surface area (Å²) in [7, 11) is 0. The van der Waals surface area contributed by atoms with Crippen molar-refractivity contribution in [1.29, 1.82) is 0 Å². The molecule has 0 unspecified atom stereocenters. The van der Waals surface area contributed by atoms with Crippen molar-refractivity contribution in [3.8, 4) is 11.5 Å². The number of aryl methyl sites for hydroxylation is 1. The predicted molar refractivity (Wildman–Crippen MR) is 163 cm³/mol. The zero-order chi connectivity index (χ0) is 30.6. The quantitative estimate of drug-likeness (QED) is 0.198. The molecule has 2 aromatic carbocycles. The van der Waals surface area contributed by atoms with Crippen molar-refractivity contribution in [2.75, 3.05) is 13.1 Å². The number of hydrogen-bond donors (Lipinski definition) is 1. The molecule has 0 saturated carbocycles. The normalized spacial score (nSPS) is 14.2. The van der Waals surface area contributed by atoms with Crippen LogP contribution in [0.15, 0.2) is 67.3 Å². The molecule has 1 aliphatic rings. The van der Waals surface area contributed by atoms with Gasteiger partial charge in [-0.25, -0.2) is 19.2 Å². The SMILES string of the molecule is CCn1cncc1Cn1c(CN2CCC(Oc3cccnc3COc3ccc(Cl)cc3F)CC2)nc2ccc(C(=O)O)cc21. The summed E-state index contributed by atoms with van der Waals surface area (Å²) in [5, 5.41) is 9.90. The number of piperidine rings is 1. The third kappa shape index (κ3) is 6.53. The first-order chi connectivity index (χ1) is 21.4. The molecular weight excluding hydrogens is 587 g/mol. The molecule has 228 valence electrons. The van der Waals surface area contributed by atoms with E-state index in [0.29, 0.717) is 29.6 Å². The Balaban J connectivity index is 1.13. The highest BCUT2D eigenvalue weighted by Crippen LogP contribution is 2.27. The molecule has 44 heavy (non-hydrogen) atoms. The average molecular weight is 619 g/mol. The highest BCUT2D eigenvalue weighted by atomic mass is 35.5. The topological polar surface area (TPSA) is 108 Å². The monoisotopic (exact) mass is 618 g/mol. The number of halogens is 2. The number of imidazole rings is 2. The second-order valence-corrected chi connectivity index (χ2v) is 11.1. The van der Waals surface area contributed by atoms with Crippen molar-refractivity contribution < 1.29 is 23.8 Å². The van der Waals surface area contributed by atoms with Gasteiger partial charge in [0.2, 0.25) is 0 Å². The van der Waals surface area contributed by atoms with Crippen molar-refractivity contribution in [2.24, 2.45) is 0 Å². The second kappa shape index (κ2) is 13.0. The van der Waals surface area contributed by atoms with Gasteiger partial charge in [-0.3, -0.25) is 9.88 Å². The Labute approximate surface area is 258 Å². The van der Waals surface area contributed by atoms with Gasteiger partial charge in [-0.15, -0.1) is 0 Å². The van der Waals surface area contributed by atoms with E-state index in [4.69, 9.17) is 26.1 Å². The summed E-state index contributed by atoms with van der Waals surface area (Å²) < 4.78 is 30.4. The summed E-state index contributed by atoms with van der Waals surface area (Å²) in [5.74, 6) is 0.0805. The maximum Gasteiger partial charge on any atom is 0.335 e.